The van der Waals surface area contributed by atoms with Crippen molar-refractivity contribution < 1.29 is 19.1 Å². The fourth-order valence-corrected chi connectivity index (χ4v) is 7.62. The molecule has 44 heavy (non-hydrogen) atoms. The topological polar surface area (TPSA) is 75.7 Å². The van der Waals surface area contributed by atoms with Gasteiger partial charge in [-0.1, -0.05) is 80.1 Å². The summed E-state index contributed by atoms with van der Waals surface area (Å²) in [6, 6.07) is 28.7. The van der Waals surface area contributed by atoms with Gasteiger partial charge in [0.15, 0.2) is 11.6 Å². The summed E-state index contributed by atoms with van der Waals surface area (Å²) < 4.78 is 5.36. The van der Waals surface area contributed by atoms with Crippen LogP contribution in [0.4, 0.5) is 11.4 Å². The van der Waals surface area contributed by atoms with Gasteiger partial charge in [-0.25, -0.2) is 0 Å². The number of ether oxygens (including phenoxy) is 1. The van der Waals surface area contributed by atoms with E-state index in [9.17, 15) is 9.59 Å². The van der Waals surface area contributed by atoms with E-state index in [-0.39, 0.29) is 17.5 Å². The summed E-state index contributed by atoms with van der Waals surface area (Å²) in [4.78, 5) is 46.5. The SMILES string of the molecule is CCCc1ccc(C(=O)[C@@H]2[C@@H](C(=O)c3ccc(OC)cc3)N3c4ccccc4C(C)=C[C@@H]3[C@]23C(=O)Nc2ccccc23)cc1. The van der Waals surface area contributed by atoms with E-state index in [1.807, 2.05) is 84.6 Å². The number of Topliss-reactive ketones (excluding diaryl/α,β-unsaturated/α-hetero) is 2. The fraction of sp³-hybridized carbons (Fsp3) is 0.237. The molecule has 6 heteroatoms. The Hall–Kier alpha value is -4.97. The number of amides is 1. The van der Waals surface area contributed by atoms with Crippen molar-refractivity contribution in [2.45, 2.75) is 44.2 Å². The highest BCUT2D eigenvalue weighted by Crippen LogP contribution is 2.58. The van der Waals surface area contributed by atoms with Crippen LogP contribution in [0.1, 0.15) is 57.7 Å². The Kier molecular flexibility index (Phi) is 6.73. The number of fused-ring (bicyclic) bond motifs is 6. The summed E-state index contributed by atoms with van der Waals surface area (Å²) in [6.07, 6.45) is 3.99. The molecule has 0 unspecified atom stereocenters. The summed E-state index contributed by atoms with van der Waals surface area (Å²) in [7, 11) is 1.58. The number of benzene rings is 4. The minimum absolute atomic E-state index is 0.213. The van der Waals surface area contributed by atoms with Crippen molar-refractivity contribution in [2.24, 2.45) is 5.92 Å². The minimum Gasteiger partial charge on any atom is -0.497 e. The second-order valence-electron chi connectivity index (χ2n) is 11.9. The van der Waals surface area contributed by atoms with Gasteiger partial charge in [-0.2, -0.15) is 0 Å². The van der Waals surface area contributed by atoms with Crippen molar-refractivity contribution in [3.63, 3.8) is 0 Å². The first-order chi connectivity index (χ1) is 21.4. The number of hydrogen-bond acceptors (Lipinski definition) is 5. The van der Waals surface area contributed by atoms with E-state index in [1.54, 1.807) is 31.4 Å². The summed E-state index contributed by atoms with van der Waals surface area (Å²) in [6.45, 7) is 4.15. The van der Waals surface area contributed by atoms with Gasteiger partial charge in [0.25, 0.3) is 0 Å². The Morgan fingerprint density at radius 3 is 2.25 bits per heavy atom. The van der Waals surface area contributed by atoms with E-state index in [4.69, 9.17) is 4.74 Å². The third-order valence-corrected chi connectivity index (χ3v) is 9.59. The molecule has 0 radical (unpaired) electrons. The predicted octanol–water partition coefficient (Wildman–Crippen LogP) is 6.89. The molecule has 3 aliphatic rings. The van der Waals surface area contributed by atoms with Gasteiger partial charge < -0.3 is 15.0 Å². The zero-order valence-corrected chi connectivity index (χ0v) is 25.0. The van der Waals surface area contributed by atoms with Crippen molar-refractivity contribution >= 4 is 34.4 Å². The lowest BCUT2D eigenvalue weighted by Crippen LogP contribution is -2.51. The number of carbonyl (C=O) groups is 3. The summed E-state index contributed by atoms with van der Waals surface area (Å²) >= 11 is 0. The Balaban J connectivity index is 1.50. The number of para-hydroxylation sites is 2. The molecular formula is C38H34N2O4. The van der Waals surface area contributed by atoms with E-state index in [1.165, 1.54) is 0 Å². The molecule has 220 valence electrons. The molecule has 0 aliphatic carbocycles. The number of anilines is 2. The zero-order chi connectivity index (χ0) is 30.6. The lowest BCUT2D eigenvalue weighted by atomic mass is 9.64. The first kappa shape index (κ1) is 27.8. The third-order valence-electron chi connectivity index (χ3n) is 9.59. The number of nitrogens with one attached hydrogen (secondary N) is 1. The lowest BCUT2D eigenvalue weighted by Gasteiger charge is -2.39. The molecule has 1 amide bonds. The molecule has 1 N–H and O–H groups in total. The minimum atomic E-state index is -1.34. The third kappa shape index (κ3) is 3.97. The normalized spacial score (nSPS) is 23.0. The van der Waals surface area contributed by atoms with E-state index < -0.39 is 23.4 Å². The van der Waals surface area contributed by atoms with Crippen LogP contribution in [0.2, 0.25) is 0 Å². The van der Waals surface area contributed by atoms with Gasteiger partial charge in [-0.3, -0.25) is 14.4 Å². The average molecular weight is 583 g/mol. The van der Waals surface area contributed by atoms with Crippen LogP contribution < -0.4 is 15.0 Å². The number of nitrogens with zero attached hydrogens (tertiary/aromatic N) is 1. The number of allylic oxidation sites excluding steroid dienone is 1. The summed E-state index contributed by atoms with van der Waals surface area (Å²) in [5.74, 6) is -1.06. The molecule has 7 rings (SSSR count). The predicted molar refractivity (Wildman–Crippen MR) is 172 cm³/mol. The maximum absolute atomic E-state index is 15.0. The highest BCUT2D eigenvalue weighted by atomic mass is 16.5. The number of rotatable bonds is 7. The first-order valence-corrected chi connectivity index (χ1v) is 15.2. The molecule has 4 aromatic carbocycles. The maximum Gasteiger partial charge on any atom is 0.238 e. The fourth-order valence-electron chi connectivity index (χ4n) is 7.62. The molecule has 1 spiro atoms. The molecule has 1 saturated heterocycles. The van der Waals surface area contributed by atoms with Gasteiger partial charge in [-0.15, -0.1) is 0 Å². The van der Waals surface area contributed by atoms with Crippen molar-refractivity contribution in [1.82, 2.24) is 0 Å². The molecule has 6 nitrogen and oxygen atoms in total. The molecular weight excluding hydrogens is 548 g/mol. The van der Waals surface area contributed by atoms with Gasteiger partial charge in [0.1, 0.15) is 17.2 Å². The van der Waals surface area contributed by atoms with Gasteiger partial charge in [0, 0.05) is 28.1 Å². The smallest absolute Gasteiger partial charge is 0.238 e. The van der Waals surface area contributed by atoms with Crippen molar-refractivity contribution in [1.29, 1.82) is 0 Å². The van der Waals surface area contributed by atoms with Crippen LogP contribution in [0.3, 0.4) is 0 Å². The number of ketones is 2. The molecule has 0 saturated carbocycles. The second-order valence-corrected chi connectivity index (χ2v) is 11.9. The van der Waals surface area contributed by atoms with Crippen LogP contribution in [-0.2, 0) is 16.6 Å². The van der Waals surface area contributed by atoms with Gasteiger partial charge in [0.2, 0.25) is 5.91 Å². The molecule has 3 heterocycles. The van der Waals surface area contributed by atoms with Gasteiger partial charge >= 0.3 is 0 Å². The molecule has 3 aliphatic heterocycles. The highest BCUT2D eigenvalue weighted by molar-refractivity contribution is 6.18. The van der Waals surface area contributed by atoms with E-state index in [0.29, 0.717) is 22.6 Å². The standard InChI is InChI=1S/C38H34N2O4/c1-4-9-24-14-16-25(17-15-24)35(41)33-34(36(42)26-18-20-27(44-3)21-19-26)40-31-13-8-5-10-28(31)23(2)22-32(40)38(33)29-11-6-7-12-30(29)39-37(38)43/h5-8,10-22,32-34H,4,9H2,1-3H3,(H,39,43)/t32-,33+,34+,38+/m1/s1. The average Bonchev–Trinajstić information content (AvgIpc) is 3.53. The first-order valence-electron chi connectivity index (χ1n) is 15.2. The Morgan fingerprint density at radius 2 is 1.52 bits per heavy atom. The second kappa shape index (κ2) is 10.6. The van der Waals surface area contributed by atoms with Crippen LogP contribution in [0, 0.1) is 5.92 Å². The number of methoxy groups -OCH3 is 1. The monoisotopic (exact) mass is 582 g/mol. The lowest BCUT2D eigenvalue weighted by molar-refractivity contribution is -0.121. The van der Waals surface area contributed by atoms with Crippen LogP contribution in [0.25, 0.3) is 5.57 Å². The van der Waals surface area contributed by atoms with Crippen molar-refractivity contribution in [3.8, 4) is 5.75 Å². The van der Waals surface area contributed by atoms with Crippen molar-refractivity contribution in [2.75, 3.05) is 17.3 Å². The van der Waals surface area contributed by atoms with Gasteiger partial charge in [0.05, 0.1) is 19.1 Å². The van der Waals surface area contributed by atoms with Crippen molar-refractivity contribution in [3.05, 3.63) is 131 Å². The highest BCUT2D eigenvalue weighted by Gasteiger charge is 2.70. The van der Waals surface area contributed by atoms with Gasteiger partial charge in [-0.05, 0) is 66.4 Å². The Labute approximate surface area is 257 Å². The number of aryl methyl sites for hydroxylation is 1. The van der Waals surface area contributed by atoms with E-state index in [2.05, 4.69) is 18.3 Å². The van der Waals surface area contributed by atoms with E-state index in [0.717, 1.165) is 40.8 Å². The van der Waals surface area contributed by atoms with Crippen LogP contribution >= 0.6 is 0 Å². The van der Waals surface area contributed by atoms with E-state index >= 15 is 4.79 Å². The molecule has 4 aromatic rings. The molecule has 0 bridgehead atoms. The van der Waals surface area contributed by atoms with Crippen LogP contribution in [0.5, 0.6) is 5.75 Å². The summed E-state index contributed by atoms with van der Waals surface area (Å²) in [5, 5.41) is 3.10. The molecule has 4 atom stereocenters. The quantitative estimate of drug-likeness (QED) is 0.240. The number of hydrogen-bond donors (Lipinski definition) is 1. The zero-order valence-electron chi connectivity index (χ0n) is 25.0. The number of carbonyl (C=O) groups excluding carboxylic acids is 3. The van der Waals surface area contributed by atoms with Crippen LogP contribution in [-0.4, -0.2) is 36.7 Å². The van der Waals surface area contributed by atoms with Crippen LogP contribution in [0.15, 0.2) is 103 Å². The maximum atomic E-state index is 15.0. The largest absolute Gasteiger partial charge is 0.497 e. The molecule has 0 aromatic heterocycles. The molecule has 1 fully saturated rings. The summed E-state index contributed by atoms with van der Waals surface area (Å²) in [5.41, 5.74) is 5.01. The Bertz CT molecular complexity index is 1820. The Morgan fingerprint density at radius 1 is 0.864 bits per heavy atom.